The highest BCUT2D eigenvalue weighted by Crippen LogP contribution is 2.31. The molecule has 1 aromatic carbocycles. The largest absolute Gasteiger partial charge is 0.256 e. The molecule has 22 heavy (non-hydrogen) atoms. The predicted octanol–water partition coefficient (Wildman–Crippen LogP) is 5.01. The standard InChI is InChI=1S/C18H11FN2S/c19-16-6-2-1-5-15(16)18-9-8-14(22-18)11-13(12-20)17-7-3-4-10-21-17/h1-11H/b13-11+. The summed E-state index contributed by atoms with van der Waals surface area (Å²) in [6.07, 6.45) is 3.43. The number of halogens is 1. The molecule has 0 aliphatic carbocycles. The Hall–Kier alpha value is -2.77. The van der Waals surface area contributed by atoms with Crippen LogP contribution in [0.15, 0.2) is 60.8 Å². The van der Waals surface area contributed by atoms with E-state index < -0.39 is 0 Å². The Morgan fingerprint density at radius 2 is 1.91 bits per heavy atom. The number of hydrogen-bond acceptors (Lipinski definition) is 3. The summed E-state index contributed by atoms with van der Waals surface area (Å²) in [5.41, 5.74) is 1.69. The number of benzene rings is 1. The van der Waals surface area contributed by atoms with E-state index in [1.807, 2.05) is 24.3 Å². The summed E-state index contributed by atoms with van der Waals surface area (Å²) in [5, 5.41) is 9.30. The minimum Gasteiger partial charge on any atom is -0.256 e. The van der Waals surface area contributed by atoms with E-state index >= 15 is 0 Å². The number of nitriles is 1. The molecule has 2 heterocycles. The van der Waals surface area contributed by atoms with E-state index in [0.717, 1.165) is 9.75 Å². The predicted molar refractivity (Wildman–Crippen MR) is 87.4 cm³/mol. The fourth-order valence-electron chi connectivity index (χ4n) is 2.06. The number of hydrogen-bond donors (Lipinski definition) is 0. The van der Waals surface area contributed by atoms with Gasteiger partial charge in [-0.1, -0.05) is 24.3 Å². The van der Waals surface area contributed by atoms with E-state index in [2.05, 4.69) is 11.1 Å². The Bertz CT molecular complexity index is 860. The second-order valence-corrected chi connectivity index (χ2v) is 5.68. The van der Waals surface area contributed by atoms with Crippen LogP contribution in [-0.4, -0.2) is 4.98 Å². The molecule has 0 aliphatic rings. The third-order valence-corrected chi connectivity index (χ3v) is 4.18. The molecule has 0 unspecified atom stereocenters. The molecule has 0 radical (unpaired) electrons. The summed E-state index contributed by atoms with van der Waals surface area (Å²) in [7, 11) is 0. The van der Waals surface area contributed by atoms with Crippen LogP contribution in [0.1, 0.15) is 10.6 Å². The minimum atomic E-state index is -0.245. The average molecular weight is 306 g/mol. The molecule has 0 spiro atoms. The van der Waals surface area contributed by atoms with Crippen molar-refractivity contribution in [2.75, 3.05) is 0 Å². The van der Waals surface area contributed by atoms with Crippen molar-refractivity contribution >= 4 is 23.0 Å². The van der Waals surface area contributed by atoms with Crippen molar-refractivity contribution in [1.29, 1.82) is 5.26 Å². The van der Waals surface area contributed by atoms with Gasteiger partial charge < -0.3 is 0 Å². The Morgan fingerprint density at radius 1 is 1.09 bits per heavy atom. The van der Waals surface area contributed by atoms with Crippen LogP contribution >= 0.6 is 11.3 Å². The molecule has 0 bridgehead atoms. The summed E-state index contributed by atoms with van der Waals surface area (Å²) in [5.74, 6) is -0.245. The van der Waals surface area contributed by atoms with Gasteiger partial charge in [0.05, 0.1) is 11.3 Å². The molecule has 3 rings (SSSR count). The van der Waals surface area contributed by atoms with E-state index in [4.69, 9.17) is 0 Å². The lowest BCUT2D eigenvalue weighted by Gasteiger charge is -1.98. The van der Waals surface area contributed by atoms with E-state index in [0.29, 0.717) is 16.8 Å². The van der Waals surface area contributed by atoms with Gasteiger partial charge in [0.2, 0.25) is 0 Å². The van der Waals surface area contributed by atoms with Gasteiger partial charge in [-0.3, -0.25) is 4.98 Å². The highest BCUT2D eigenvalue weighted by atomic mass is 32.1. The highest BCUT2D eigenvalue weighted by Gasteiger charge is 2.08. The minimum absolute atomic E-state index is 0.245. The molecule has 3 aromatic rings. The van der Waals surface area contributed by atoms with Crippen molar-refractivity contribution in [2.45, 2.75) is 0 Å². The van der Waals surface area contributed by atoms with Crippen LogP contribution in [0, 0.1) is 17.1 Å². The van der Waals surface area contributed by atoms with Crippen LogP contribution in [0.4, 0.5) is 4.39 Å². The maximum atomic E-state index is 13.8. The van der Waals surface area contributed by atoms with Gasteiger partial charge in [0.25, 0.3) is 0 Å². The zero-order valence-corrected chi connectivity index (χ0v) is 12.3. The molecule has 0 aliphatic heterocycles. The van der Waals surface area contributed by atoms with E-state index in [1.54, 1.807) is 36.5 Å². The maximum absolute atomic E-state index is 13.8. The number of thiophene rings is 1. The van der Waals surface area contributed by atoms with Crippen molar-refractivity contribution < 1.29 is 4.39 Å². The van der Waals surface area contributed by atoms with Gasteiger partial charge >= 0.3 is 0 Å². The number of rotatable bonds is 3. The quantitative estimate of drug-likeness (QED) is 0.637. The first-order chi connectivity index (χ1) is 10.8. The summed E-state index contributed by atoms with van der Waals surface area (Å²) in [4.78, 5) is 5.90. The first-order valence-electron chi connectivity index (χ1n) is 6.66. The smallest absolute Gasteiger partial charge is 0.131 e. The number of nitrogens with zero attached hydrogens (tertiary/aromatic N) is 2. The molecule has 0 atom stereocenters. The van der Waals surface area contributed by atoms with Gasteiger partial charge in [-0.2, -0.15) is 5.26 Å². The van der Waals surface area contributed by atoms with Crippen molar-refractivity contribution in [1.82, 2.24) is 4.98 Å². The molecule has 4 heteroatoms. The summed E-state index contributed by atoms with van der Waals surface area (Å²) < 4.78 is 13.8. The van der Waals surface area contributed by atoms with Gasteiger partial charge in [0, 0.05) is 21.5 Å². The molecular formula is C18H11FN2S. The van der Waals surface area contributed by atoms with Gasteiger partial charge in [-0.05, 0) is 36.4 Å². The summed E-state index contributed by atoms with van der Waals surface area (Å²) in [6, 6.07) is 18.0. The Balaban J connectivity index is 1.96. The second-order valence-electron chi connectivity index (χ2n) is 4.57. The Morgan fingerprint density at radius 3 is 2.64 bits per heavy atom. The lowest BCUT2D eigenvalue weighted by atomic mass is 10.1. The topological polar surface area (TPSA) is 36.7 Å². The molecule has 0 fully saturated rings. The van der Waals surface area contributed by atoms with Crippen LogP contribution in [0.25, 0.3) is 22.1 Å². The van der Waals surface area contributed by atoms with Crippen LogP contribution in [0.3, 0.4) is 0 Å². The molecular weight excluding hydrogens is 295 g/mol. The van der Waals surface area contributed by atoms with Crippen LogP contribution in [0.2, 0.25) is 0 Å². The average Bonchev–Trinajstić information content (AvgIpc) is 3.02. The molecule has 2 aromatic heterocycles. The fourth-order valence-corrected chi connectivity index (χ4v) is 3.04. The molecule has 2 nitrogen and oxygen atoms in total. The molecule has 0 saturated carbocycles. The summed E-state index contributed by atoms with van der Waals surface area (Å²) in [6.45, 7) is 0. The van der Waals surface area contributed by atoms with E-state index in [-0.39, 0.29) is 5.82 Å². The molecule has 106 valence electrons. The zero-order chi connectivity index (χ0) is 15.4. The normalized spacial score (nSPS) is 11.2. The van der Waals surface area contributed by atoms with Crippen LogP contribution in [-0.2, 0) is 0 Å². The Kier molecular flexibility index (Phi) is 4.08. The lowest BCUT2D eigenvalue weighted by molar-refractivity contribution is 0.631. The van der Waals surface area contributed by atoms with Crippen LogP contribution < -0.4 is 0 Å². The Labute approximate surface area is 131 Å². The molecule has 0 N–H and O–H groups in total. The monoisotopic (exact) mass is 306 g/mol. The number of aromatic nitrogens is 1. The van der Waals surface area contributed by atoms with E-state index in [9.17, 15) is 9.65 Å². The lowest BCUT2D eigenvalue weighted by Crippen LogP contribution is -1.84. The maximum Gasteiger partial charge on any atom is 0.131 e. The summed E-state index contributed by atoms with van der Waals surface area (Å²) >= 11 is 1.44. The van der Waals surface area contributed by atoms with Crippen molar-refractivity contribution in [3.05, 3.63) is 77.2 Å². The highest BCUT2D eigenvalue weighted by molar-refractivity contribution is 7.16. The van der Waals surface area contributed by atoms with Crippen molar-refractivity contribution in [2.24, 2.45) is 0 Å². The third kappa shape index (κ3) is 2.95. The van der Waals surface area contributed by atoms with Gasteiger partial charge in [0.15, 0.2) is 0 Å². The second kappa shape index (κ2) is 6.33. The third-order valence-electron chi connectivity index (χ3n) is 3.11. The zero-order valence-electron chi connectivity index (χ0n) is 11.5. The van der Waals surface area contributed by atoms with Crippen molar-refractivity contribution in [3.8, 4) is 16.5 Å². The fraction of sp³-hybridized carbons (Fsp3) is 0. The number of pyridine rings is 1. The molecule has 0 saturated heterocycles. The first kappa shape index (κ1) is 14.2. The SMILES string of the molecule is N#C/C(=C\c1ccc(-c2ccccc2F)s1)c1ccccn1. The van der Waals surface area contributed by atoms with Gasteiger partial charge in [0.1, 0.15) is 11.9 Å². The first-order valence-corrected chi connectivity index (χ1v) is 7.47. The van der Waals surface area contributed by atoms with Crippen LogP contribution in [0.5, 0.6) is 0 Å². The van der Waals surface area contributed by atoms with E-state index in [1.165, 1.54) is 17.4 Å². The van der Waals surface area contributed by atoms with Gasteiger partial charge in [-0.25, -0.2) is 4.39 Å². The van der Waals surface area contributed by atoms with Crippen molar-refractivity contribution in [3.63, 3.8) is 0 Å². The van der Waals surface area contributed by atoms with Gasteiger partial charge in [-0.15, -0.1) is 11.3 Å². The molecule has 0 amide bonds. The number of allylic oxidation sites excluding steroid dienone is 1.